The fourth-order valence-electron chi connectivity index (χ4n) is 0. The maximum absolute atomic E-state index is 8.23. The summed E-state index contributed by atoms with van der Waals surface area (Å²) in [7, 11) is 0. The summed E-state index contributed by atoms with van der Waals surface area (Å²) >= 11 is 0. The van der Waals surface area contributed by atoms with Gasteiger partial charge in [-0.3, -0.25) is 0 Å². The van der Waals surface area contributed by atoms with E-state index in [1.165, 1.54) is 6.92 Å². The molecule has 36 valence electrons. The van der Waals surface area contributed by atoms with E-state index >= 15 is 0 Å². The molecule has 0 aliphatic carbocycles. The molecule has 0 aromatic carbocycles. The van der Waals surface area contributed by atoms with E-state index in [1.807, 2.05) is 0 Å². The molecule has 0 aliphatic rings. The van der Waals surface area contributed by atoms with Crippen LogP contribution in [0.5, 0.6) is 0 Å². The Bertz CT molecular complexity index is 26.5. The third kappa shape index (κ3) is 2.18. The minimum atomic E-state index is -0.926. The van der Waals surface area contributed by atoms with E-state index in [9.17, 15) is 0 Å². The molecule has 0 heterocycles. The highest BCUT2D eigenvalue weighted by Gasteiger charge is 2.01. The molecule has 1 unspecified atom stereocenters. The van der Waals surface area contributed by atoms with Gasteiger partial charge in [0, 0.05) is 0 Å². The second-order valence-corrected chi connectivity index (χ2v) is 1.16. The van der Waals surface area contributed by atoms with E-state index in [0.717, 1.165) is 0 Å². The van der Waals surface area contributed by atoms with Crippen LogP contribution < -0.4 is 0 Å². The van der Waals surface area contributed by atoms with Gasteiger partial charge in [0.25, 0.3) is 0 Å². The largest absolute Gasteiger partial charge is 0.390 e. The van der Waals surface area contributed by atoms with Gasteiger partial charge in [0.05, 0.1) is 6.10 Å². The Morgan fingerprint density at radius 1 is 1.83 bits per heavy atom. The van der Waals surface area contributed by atoms with Crippen molar-refractivity contribution in [3.8, 4) is 0 Å². The van der Waals surface area contributed by atoms with Crippen molar-refractivity contribution in [1.29, 1.82) is 0 Å². The predicted molar refractivity (Wildman–Crippen MR) is 22.2 cm³/mol. The number of hydrogen-bond acceptors (Lipinski definition) is 2. The summed E-state index contributed by atoms with van der Waals surface area (Å²) in [5, 5.41) is 16.5. The average molecular weight is 88.1 g/mol. The van der Waals surface area contributed by atoms with Crippen LogP contribution in [0.3, 0.4) is 0 Å². The predicted octanol–water partition coefficient (Wildman–Crippen LogP) is 0.106. The van der Waals surface area contributed by atoms with Crippen molar-refractivity contribution < 1.29 is 10.2 Å². The summed E-state index contributed by atoms with van der Waals surface area (Å²) in [5.74, 6) is 0. The Balaban J connectivity index is 2.99. The van der Waals surface area contributed by atoms with Gasteiger partial charge < -0.3 is 10.2 Å². The molecule has 6 heavy (non-hydrogen) atoms. The molecular formula is C4H8O2. The highest BCUT2D eigenvalue weighted by Crippen LogP contribution is 1.95. The second kappa shape index (κ2) is 2.16. The zero-order chi connectivity index (χ0) is 5.15. The molecule has 0 rings (SSSR count). The molecule has 0 saturated heterocycles. The maximum atomic E-state index is 8.23. The van der Waals surface area contributed by atoms with Crippen molar-refractivity contribution in [2.75, 3.05) is 0 Å². The van der Waals surface area contributed by atoms with E-state index in [4.69, 9.17) is 10.2 Å². The summed E-state index contributed by atoms with van der Waals surface area (Å²) in [4.78, 5) is 0. The molecule has 2 N–H and O–H groups in total. The van der Waals surface area contributed by atoms with Crippen LogP contribution in [0.15, 0.2) is 0 Å². The van der Waals surface area contributed by atoms with Crippen LogP contribution in [-0.4, -0.2) is 16.3 Å². The third-order valence-electron chi connectivity index (χ3n) is 0.482. The minimum Gasteiger partial charge on any atom is -0.390 e. The second-order valence-electron chi connectivity index (χ2n) is 1.16. The van der Waals surface area contributed by atoms with Crippen molar-refractivity contribution in [3.05, 3.63) is 13.0 Å². The number of hydrogen-bond donors (Lipinski definition) is 2. The molecule has 0 fully saturated rings. The van der Waals surface area contributed by atoms with Gasteiger partial charge in [-0.2, -0.15) is 0 Å². The lowest BCUT2D eigenvalue weighted by Gasteiger charge is -2.01. The Kier molecular flexibility index (Phi) is 2.13. The first-order valence-corrected chi connectivity index (χ1v) is 1.68. The average Bonchev–Trinajstić information content (AvgIpc) is 1.36. The van der Waals surface area contributed by atoms with Crippen LogP contribution in [0.4, 0.5) is 0 Å². The van der Waals surface area contributed by atoms with Crippen molar-refractivity contribution >= 4 is 0 Å². The molecule has 0 spiro atoms. The van der Waals surface area contributed by atoms with Gasteiger partial charge in [0.15, 0.2) is 0 Å². The zero-order valence-electron chi connectivity index (χ0n) is 3.68. The van der Waals surface area contributed by atoms with Crippen molar-refractivity contribution in [3.63, 3.8) is 0 Å². The molecule has 0 bridgehead atoms. The molecule has 2 heteroatoms. The molecule has 0 amide bonds. The Hall–Kier alpha value is -0.0800. The molecule has 1 atom stereocenters. The number of rotatable bonds is 1. The van der Waals surface area contributed by atoms with Gasteiger partial charge in [-0.25, -0.2) is 0 Å². The topological polar surface area (TPSA) is 40.5 Å². The van der Waals surface area contributed by atoms with Gasteiger partial charge in [-0.15, -0.1) is 0 Å². The molecule has 0 aromatic heterocycles. The van der Waals surface area contributed by atoms with Gasteiger partial charge >= 0.3 is 0 Å². The van der Waals surface area contributed by atoms with Crippen LogP contribution >= 0.6 is 0 Å². The smallest absolute Gasteiger partial charge is 0.118 e. The summed E-state index contributed by atoms with van der Waals surface area (Å²) in [6, 6.07) is 0. The van der Waals surface area contributed by atoms with Crippen LogP contribution in [-0.2, 0) is 0 Å². The van der Waals surface area contributed by atoms with Gasteiger partial charge in [0.2, 0.25) is 0 Å². The highest BCUT2D eigenvalue weighted by atomic mass is 16.3. The van der Waals surface area contributed by atoms with Gasteiger partial charge in [-0.1, -0.05) is 0 Å². The Labute approximate surface area is 37.4 Å². The maximum Gasteiger partial charge on any atom is 0.118 e. The molecule has 0 saturated carbocycles. The fourth-order valence-corrected chi connectivity index (χ4v) is 0. The van der Waals surface area contributed by atoms with E-state index in [1.54, 1.807) is 0 Å². The normalized spacial score (nSPS) is 15.5. The first kappa shape index (κ1) is 5.92. The van der Waals surface area contributed by atoms with E-state index in [-0.39, 0.29) is 6.10 Å². The zero-order valence-corrected chi connectivity index (χ0v) is 3.68. The molecule has 2 radical (unpaired) electrons. The SMILES string of the molecule is [CH2]C(O)[C](C)O. The monoisotopic (exact) mass is 88.1 g/mol. The van der Waals surface area contributed by atoms with Crippen molar-refractivity contribution in [2.45, 2.75) is 13.0 Å². The van der Waals surface area contributed by atoms with Crippen LogP contribution in [0.1, 0.15) is 6.92 Å². The first-order chi connectivity index (χ1) is 2.64. The number of aliphatic hydroxyl groups is 2. The molecule has 2 nitrogen and oxygen atoms in total. The lowest BCUT2D eigenvalue weighted by Crippen LogP contribution is -2.08. The van der Waals surface area contributed by atoms with Crippen LogP contribution in [0.25, 0.3) is 0 Å². The summed E-state index contributed by atoms with van der Waals surface area (Å²) < 4.78 is 0. The minimum absolute atomic E-state index is 0.0463. The third-order valence-corrected chi connectivity index (χ3v) is 0.482. The van der Waals surface area contributed by atoms with Gasteiger partial charge in [0.1, 0.15) is 6.10 Å². The summed E-state index contributed by atoms with van der Waals surface area (Å²) in [5.41, 5.74) is 0. The highest BCUT2D eigenvalue weighted by molar-refractivity contribution is 4.79. The lowest BCUT2D eigenvalue weighted by atomic mass is 10.3. The Morgan fingerprint density at radius 3 is 2.00 bits per heavy atom. The van der Waals surface area contributed by atoms with Crippen LogP contribution in [0.2, 0.25) is 0 Å². The van der Waals surface area contributed by atoms with Crippen molar-refractivity contribution in [2.24, 2.45) is 0 Å². The first-order valence-electron chi connectivity index (χ1n) is 1.68. The van der Waals surface area contributed by atoms with E-state index in [0.29, 0.717) is 0 Å². The number of aliphatic hydroxyl groups excluding tert-OH is 2. The van der Waals surface area contributed by atoms with E-state index < -0.39 is 6.10 Å². The molecule has 0 aliphatic heterocycles. The fraction of sp³-hybridized carbons (Fsp3) is 0.500. The van der Waals surface area contributed by atoms with Crippen molar-refractivity contribution in [1.82, 2.24) is 0 Å². The van der Waals surface area contributed by atoms with Crippen LogP contribution in [0, 0.1) is 13.0 Å². The quantitative estimate of drug-likeness (QED) is 0.477. The van der Waals surface area contributed by atoms with Gasteiger partial charge in [-0.05, 0) is 13.8 Å². The Morgan fingerprint density at radius 2 is 2.00 bits per heavy atom. The summed E-state index contributed by atoms with van der Waals surface area (Å²) in [6.07, 6.45) is -0.972. The molecular weight excluding hydrogens is 80.0 g/mol. The summed E-state index contributed by atoms with van der Waals surface area (Å²) in [6.45, 7) is 4.51. The standard InChI is InChI=1S/C4H8O2/c1-3(5)4(2)6/h3,5-6H,1H2,2H3. The van der Waals surface area contributed by atoms with E-state index in [2.05, 4.69) is 6.92 Å². The lowest BCUT2D eigenvalue weighted by molar-refractivity contribution is 0.138. The molecule has 0 aromatic rings.